The van der Waals surface area contributed by atoms with Crippen molar-refractivity contribution < 1.29 is 19.5 Å². The second-order valence-corrected chi connectivity index (χ2v) is 4.83. The Bertz CT molecular complexity index is 528. The molecular weight excluding hydrogens is 264 g/mol. The summed E-state index contributed by atoms with van der Waals surface area (Å²) < 4.78 is 0. The standard InChI is InChI=1S/C12H16N4O4/c1-7(12(19)20)15(2)11(18)8-3-10(17)16(6-8)9-4-13-14-5-9/h4-5,7-8H,3,6H2,1-2H3,(H,13,14)(H,19,20)/t7-,8-/m0/s1. The number of H-pyrrole nitrogens is 1. The molecule has 2 atom stereocenters. The number of carbonyl (C=O) groups excluding carboxylic acids is 2. The Balaban J connectivity index is 2.06. The highest BCUT2D eigenvalue weighted by molar-refractivity contribution is 6.00. The summed E-state index contributed by atoms with van der Waals surface area (Å²) in [6.07, 6.45) is 3.17. The van der Waals surface area contributed by atoms with Crippen LogP contribution in [0.5, 0.6) is 0 Å². The van der Waals surface area contributed by atoms with Gasteiger partial charge in [-0.2, -0.15) is 5.10 Å². The van der Waals surface area contributed by atoms with Crippen molar-refractivity contribution in [2.24, 2.45) is 5.92 Å². The van der Waals surface area contributed by atoms with Crippen LogP contribution in [-0.4, -0.2) is 57.6 Å². The van der Waals surface area contributed by atoms with Crippen LogP contribution in [0.25, 0.3) is 0 Å². The molecule has 108 valence electrons. The number of aliphatic carboxylic acids is 1. The molecule has 20 heavy (non-hydrogen) atoms. The van der Waals surface area contributed by atoms with Crippen LogP contribution in [0.2, 0.25) is 0 Å². The molecule has 0 saturated carbocycles. The predicted octanol–water partition coefficient (Wildman–Crippen LogP) is -0.306. The maximum Gasteiger partial charge on any atom is 0.326 e. The Kier molecular flexibility index (Phi) is 3.73. The number of amides is 2. The molecular formula is C12H16N4O4. The Hall–Kier alpha value is -2.38. The van der Waals surface area contributed by atoms with Crippen molar-refractivity contribution >= 4 is 23.5 Å². The Morgan fingerprint density at radius 3 is 2.85 bits per heavy atom. The first-order valence-corrected chi connectivity index (χ1v) is 6.20. The monoisotopic (exact) mass is 280 g/mol. The van der Waals surface area contributed by atoms with E-state index in [9.17, 15) is 14.4 Å². The van der Waals surface area contributed by atoms with Gasteiger partial charge in [0.05, 0.1) is 17.8 Å². The van der Waals surface area contributed by atoms with Crippen molar-refractivity contribution in [3.05, 3.63) is 12.4 Å². The van der Waals surface area contributed by atoms with Gasteiger partial charge < -0.3 is 14.9 Å². The van der Waals surface area contributed by atoms with Gasteiger partial charge in [0, 0.05) is 26.2 Å². The molecule has 0 unspecified atom stereocenters. The van der Waals surface area contributed by atoms with Gasteiger partial charge in [-0.05, 0) is 6.92 Å². The van der Waals surface area contributed by atoms with E-state index in [1.807, 2.05) is 0 Å². The van der Waals surface area contributed by atoms with E-state index in [4.69, 9.17) is 5.11 Å². The third-order valence-electron chi connectivity index (χ3n) is 3.56. The molecule has 0 bridgehead atoms. The highest BCUT2D eigenvalue weighted by atomic mass is 16.4. The van der Waals surface area contributed by atoms with Gasteiger partial charge in [-0.3, -0.25) is 14.7 Å². The lowest BCUT2D eigenvalue weighted by Crippen LogP contribution is -2.43. The molecule has 0 radical (unpaired) electrons. The first kappa shape index (κ1) is 14.0. The number of aromatic amines is 1. The number of carboxylic acid groups (broad SMARTS) is 1. The highest BCUT2D eigenvalue weighted by Crippen LogP contribution is 2.25. The first-order valence-electron chi connectivity index (χ1n) is 6.20. The summed E-state index contributed by atoms with van der Waals surface area (Å²) in [6.45, 7) is 1.68. The van der Waals surface area contributed by atoms with Crippen LogP contribution in [0.15, 0.2) is 12.4 Å². The zero-order valence-corrected chi connectivity index (χ0v) is 11.2. The number of aromatic nitrogens is 2. The van der Waals surface area contributed by atoms with E-state index in [1.165, 1.54) is 30.0 Å². The lowest BCUT2D eigenvalue weighted by atomic mass is 10.1. The Labute approximate surface area is 115 Å². The van der Waals surface area contributed by atoms with Crippen LogP contribution in [0, 0.1) is 5.92 Å². The number of likely N-dealkylation sites (N-methyl/N-ethyl adjacent to an activating group) is 1. The normalized spacial score (nSPS) is 20.0. The van der Waals surface area contributed by atoms with Crippen molar-refractivity contribution in [3.63, 3.8) is 0 Å². The average Bonchev–Trinajstić information content (AvgIpc) is 3.04. The van der Waals surface area contributed by atoms with Crippen LogP contribution < -0.4 is 4.90 Å². The summed E-state index contributed by atoms with van der Waals surface area (Å²) in [7, 11) is 1.44. The molecule has 2 N–H and O–H groups in total. The third-order valence-corrected chi connectivity index (χ3v) is 3.56. The number of carboxylic acids is 1. The minimum atomic E-state index is -1.07. The Morgan fingerprint density at radius 2 is 2.30 bits per heavy atom. The van der Waals surface area contributed by atoms with Gasteiger partial charge >= 0.3 is 5.97 Å². The molecule has 2 heterocycles. The molecule has 1 saturated heterocycles. The van der Waals surface area contributed by atoms with Crippen molar-refractivity contribution in [1.82, 2.24) is 15.1 Å². The van der Waals surface area contributed by atoms with E-state index in [0.717, 1.165) is 0 Å². The van der Waals surface area contributed by atoms with Crippen LogP contribution in [-0.2, 0) is 14.4 Å². The lowest BCUT2D eigenvalue weighted by Gasteiger charge is -2.24. The van der Waals surface area contributed by atoms with Crippen LogP contribution in [0.4, 0.5) is 5.69 Å². The molecule has 0 aliphatic carbocycles. The number of hydrogen-bond donors (Lipinski definition) is 2. The van der Waals surface area contributed by atoms with Gasteiger partial charge in [-0.1, -0.05) is 0 Å². The minimum Gasteiger partial charge on any atom is -0.480 e. The van der Waals surface area contributed by atoms with E-state index in [-0.39, 0.29) is 24.8 Å². The van der Waals surface area contributed by atoms with Crippen molar-refractivity contribution in [1.29, 1.82) is 0 Å². The summed E-state index contributed by atoms with van der Waals surface area (Å²) in [5.41, 5.74) is 0.610. The second kappa shape index (κ2) is 5.32. The molecule has 2 amide bonds. The summed E-state index contributed by atoms with van der Waals surface area (Å²) in [5, 5.41) is 15.3. The molecule has 1 aliphatic heterocycles. The SMILES string of the molecule is C[C@@H](C(=O)O)N(C)C(=O)[C@H]1CC(=O)N(c2cn[nH]c2)C1. The fraction of sp³-hybridized carbons (Fsp3) is 0.500. The van der Waals surface area contributed by atoms with Gasteiger partial charge in [0.15, 0.2) is 0 Å². The number of anilines is 1. The summed E-state index contributed by atoms with van der Waals surface area (Å²) in [5.74, 6) is -2.10. The van der Waals surface area contributed by atoms with Gasteiger partial charge in [-0.15, -0.1) is 0 Å². The Morgan fingerprint density at radius 1 is 1.60 bits per heavy atom. The second-order valence-electron chi connectivity index (χ2n) is 4.83. The van der Waals surface area contributed by atoms with Crippen molar-refractivity contribution in [2.45, 2.75) is 19.4 Å². The molecule has 1 fully saturated rings. The zero-order valence-electron chi connectivity index (χ0n) is 11.2. The van der Waals surface area contributed by atoms with E-state index in [1.54, 1.807) is 6.20 Å². The van der Waals surface area contributed by atoms with E-state index < -0.39 is 17.9 Å². The smallest absolute Gasteiger partial charge is 0.326 e. The van der Waals surface area contributed by atoms with Crippen molar-refractivity contribution in [2.75, 3.05) is 18.5 Å². The number of hydrogen-bond acceptors (Lipinski definition) is 4. The molecule has 8 heteroatoms. The van der Waals surface area contributed by atoms with E-state index >= 15 is 0 Å². The lowest BCUT2D eigenvalue weighted by molar-refractivity contribution is -0.149. The fourth-order valence-electron chi connectivity index (χ4n) is 2.16. The molecule has 0 aromatic carbocycles. The van der Waals surface area contributed by atoms with Gasteiger partial charge in [0.25, 0.3) is 0 Å². The van der Waals surface area contributed by atoms with Gasteiger partial charge in [-0.25, -0.2) is 4.79 Å². The number of carbonyl (C=O) groups is 3. The molecule has 0 spiro atoms. The number of nitrogens with zero attached hydrogens (tertiary/aromatic N) is 3. The van der Waals surface area contributed by atoms with Crippen LogP contribution in [0.3, 0.4) is 0 Å². The average molecular weight is 280 g/mol. The number of nitrogens with one attached hydrogen (secondary N) is 1. The fourth-order valence-corrected chi connectivity index (χ4v) is 2.16. The number of rotatable bonds is 4. The first-order chi connectivity index (χ1) is 9.41. The third kappa shape index (κ3) is 2.49. The molecule has 2 rings (SSSR count). The van der Waals surface area contributed by atoms with Gasteiger partial charge in [0.1, 0.15) is 6.04 Å². The molecule has 1 aliphatic rings. The van der Waals surface area contributed by atoms with E-state index in [0.29, 0.717) is 5.69 Å². The van der Waals surface area contributed by atoms with Crippen LogP contribution >= 0.6 is 0 Å². The molecule has 8 nitrogen and oxygen atoms in total. The summed E-state index contributed by atoms with van der Waals surface area (Å²) >= 11 is 0. The van der Waals surface area contributed by atoms with E-state index in [2.05, 4.69) is 10.2 Å². The molecule has 1 aromatic heterocycles. The maximum atomic E-state index is 12.2. The molecule has 1 aromatic rings. The van der Waals surface area contributed by atoms with Crippen molar-refractivity contribution in [3.8, 4) is 0 Å². The van der Waals surface area contributed by atoms with Gasteiger partial charge in [0.2, 0.25) is 11.8 Å². The maximum absolute atomic E-state index is 12.2. The van der Waals surface area contributed by atoms with Crippen LogP contribution in [0.1, 0.15) is 13.3 Å². The quantitative estimate of drug-likeness (QED) is 0.787. The highest BCUT2D eigenvalue weighted by Gasteiger charge is 2.38. The predicted molar refractivity (Wildman–Crippen MR) is 68.9 cm³/mol. The summed E-state index contributed by atoms with van der Waals surface area (Å²) in [4.78, 5) is 37.7. The zero-order chi connectivity index (χ0) is 14.9. The largest absolute Gasteiger partial charge is 0.480 e. The summed E-state index contributed by atoms with van der Waals surface area (Å²) in [6, 6.07) is -0.916. The topological polar surface area (TPSA) is 107 Å². The minimum absolute atomic E-state index is 0.0840.